The van der Waals surface area contributed by atoms with Crippen molar-refractivity contribution in [3.8, 4) is 43.8 Å². The summed E-state index contributed by atoms with van der Waals surface area (Å²) in [5.41, 5.74) is 10.9. The third-order valence-electron chi connectivity index (χ3n) is 9.33. The first-order valence-corrected chi connectivity index (χ1v) is 17.1. The van der Waals surface area contributed by atoms with E-state index in [1.54, 1.807) is 11.3 Å². The summed E-state index contributed by atoms with van der Waals surface area (Å²) < 4.78 is 4.81. The summed E-state index contributed by atoms with van der Waals surface area (Å²) >= 11 is 1.72. The molecule has 0 radical (unpaired) electrons. The molecule has 0 aliphatic carbocycles. The molecule has 5 nitrogen and oxygen atoms in total. The van der Waals surface area contributed by atoms with Crippen molar-refractivity contribution in [2.24, 2.45) is 0 Å². The number of nitrogens with zero attached hydrogens (tertiary/aromatic N) is 5. The third kappa shape index (κ3) is 4.42. The second-order valence-electron chi connectivity index (χ2n) is 12.1. The first-order valence-electron chi connectivity index (χ1n) is 16.3. The van der Waals surface area contributed by atoms with Gasteiger partial charge < -0.3 is 4.57 Å². The van der Waals surface area contributed by atoms with Crippen LogP contribution in [0.25, 0.3) is 87.4 Å². The highest BCUT2D eigenvalue weighted by atomic mass is 32.1. The van der Waals surface area contributed by atoms with Crippen LogP contribution in [0.15, 0.2) is 164 Å². The Hall–Kier alpha value is -6.37. The summed E-state index contributed by atoms with van der Waals surface area (Å²) in [6.45, 7) is 0. The van der Waals surface area contributed by atoms with E-state index in [4.69, 9.17) is 4.98 Å². The Morgan fingerprint density at radius 3 is 1.84 bits per heavy atom. The SMILES string of the molecule is c1ccc(-c2ncc(-n3c4ccc(-c5ccccn5)cc4c4ccc5c(c6ccc(-c7ccccn7)cc6n5-c5ccccc5)c43)s2)cc1. The zero-order chi connectivity index (χ0) is 32.3. The van der Waals surface area contributed by atoms with Gasteiger partial charge in [-0.25, -0.2) is 4.98 Å². The van der Waals surface area contributed by atoms with Crippen LogP contribution in [0.3, 0.4) is 0 Å². The van der Waals surface area contributed by atoms with Gasteiger partial charge in [-0.1, -0.05) is 96.3 Å². The van der Waals surface area contributed by atoms with Crippen molar-refractivity contribution in [3.63, 3.8) is 0 Å². The number of aromatic nitrogens is 5. The lowest BCUT2D eigenvalue weighted by Gasteiger charge is -2.09. The van der Waals surface area contributed by atoms with Crippen molar-refractivity contribution < 1.29 is 0 Å². The molecule has 0 saturated carbocycles. The van der Waals surface area contributed by atoms with Gasteiger partial charge in [-0.2, -0.15) is 0 Å². The van der Waals surface area contributed by atoms with Crippen LogP contribution in [0.1, 0.15) is 0 Å². The molecule has 0 unspecified atom stereocenters. The minimum atomic E-state index is 0.952. The number of rotatable bonds is 5. The number of fused-ring (bicyclic) bond motifs is 7. The maximum absolute atomic E-state index is 4.94. The zero-order valence-electron chi connectivity index (χ0n) is 26.2. The normalized spacial score (nSPS) is 11.7. The van der Waals surface area contributed by atoms with E-state index in [2.05, 4.69) is 134 Å². The second kappa shape index (κ2) is 11.1. The molecule has 0 amide bonds. The molecule has 6 heteroatoms. The number of pyridine rings is 2. The Morgan fingerprint density at radius 1 is 0.449 bits per heavy atom. The minimum Gasteiger partial charge on any atom is -0.309 e. The van der Waals surface area contributed by atoms with Gasteiger partial charge in [-0.15, -0.1) is 0 Å². The smallest absolute Gasteiger partial charge is 0.125 e. The molecule has 5 aromatic heterocycles. The molecule has 10 rings (SSSR count). The van der Waals surface area contributed by atoms with Gasteiger partial charge in [-0.3, -0.25) is 14.5 Å². The number of hydrogen-bond acceptors (Lipinski definition) is 4. The lowest BCUT2D eigenvalue weighted by Crippen LogP contribution is -1.94. The van der Waals surface area contributed by atoms with Crippen LogP contribution in [0.2, 0.25) is 0 Å². The van der Waals surface area contributed by atoms with Gasteiger partial charge in [0, 0.05) is 56.3 Å². The zero-order valence-corrected chi connectivity index (χ0v) is 27.0. The molecule has 0 aliphatic heterocycles. The van der Waals surface area contributed by atoms with E-state index < -0.39 is 0 Å². The molecule has 5 heterocycles. The van der Waals surface area contributed by atoms with Crippen molar-refractivity contribution in [2.75, 3.05) is 0 Å². The van der Waals surface area contributed by atoms with Crippen LogP contribution in [0, 0.1) is 0 Å². The van der Waals surface area contributed by atoms with E-state index in [1.807, 2.05) is 48.9 Å². The van der Waals surface area contributed by atoms with Crippen LogP contribution in [0.4, 0.5) is 0 Å². The summed E-state index contributed by atoms with van der Waals surface area (Å²) in [4.78, 5) is 14.3. The molecular formula is C43H27N5S. The molecule has 230 valence electrons. The maximum atomic E-state index is 4.94. The van der Waals surface area contributed by atoms with Gasteiger partial charge in [0.25, 0.3) is 0 Å². The Labute approximate surface area is 286 Å². The second-order valence-corrected chi connectivity index (χ2v) is 13.1. The highest BCUT2D eigenvalue weighted by Crippen LogP contribution is 2.44. The highest BCUT2D eigenvalue weighted by Gasteiger charge is 2.23. The molecule has 0 fully saturated rings. The van der Waals surface area contributed by atoms with E-state index in [9.17, 15) is 0 Å². The molecule has 0 saturated heterocycles. The van der Waals surface area contributed by atoms with Crippen LogP contribution in [-0.4, -0.2) is 24.1 Å². The van der Waals surface area contributed by atoms with E-state index in [-0.39, 0.29) is 0 Å². The van der Waals surface area contributed by atoms with Crippen molar-refractivity contribution in [2.45, 2.75) is 0 Å². The highest BCUT2D eigenvalue weighted by molar-refractivity contribution is 7.17. The van der Waals surface area contributed by atoms with E-state index in [0.29, 0.717) is 0 Å². The molecule has 0 atom stereocenters. The van der Waals surface area contributed by atoms with Crippen molar-refractivity contribution >= 4 is 54.9 Å². The standard InChI is InChI=1S/C43H27N5S/c1-3-11-28(12-4-1)43-46-27-40(49-43)48-37-21-18-29(35-15-7-9-23-44-35)25-34(37)32-20-22-38-41(42(32)48)33-19-17-30(36-16-8-10-24-45-36)26-39(33)47(38)31-13-5-2-6-14-31/h1-27H. The summed E-state index contributed by atoms with van der Waals surface area (Å²) in [6, 6.07) is 51.2. The lowest BCUT2D eigenvalue weighted by atomic mass is 10.0. The predicted molar refractivity (Wildman–Crippen MR) is 203 cm³/mol. The van der Waals surface area contributed by atoms with Gasteiger partial charge in [-0.05, 0) is 60.7 Å². The third-order valence-corrected chi connectivity index (χ3v) is 10.4. The molecule has 0 bridgehead atoms. The van der Waals surface area contributed by atoms with E-state index in [1.165, 1.54) is 27.1 Å². The van der Waals surface area contributed by atoms with Gasteiger partial charge in [0.2, 0.25) is 0 Å². The molecular weight excluding hydrogens is 619 g/mol. The van der Waals surface area contributed by atoms with Gasteiger partial charge >= 0.3 is 0 Å². The Morgan fingerprint density at radius 2 is 1.10 bits per heavy atom. The fourth-order valence-electron chi connectivity index (χ4n) is 7.16. The van der Waals surface area contributed by atoms with E-state index in [0.717, 1.165) is 60.3 Å². The number of thiazole rings is 1. The first kappa shape index (κ1) is 27.7. The largest absolute Gasteiger partial charge is 0.309 e. The van der Waals surface area contributed by atoms with Crippen LogP contribution in [-0.2, 0) is 0 Å². The lowest BCUT2D eigenvalue weighted by molar-refractivity contribution is 1.18. The fraction of sp³-hybridized carbons (Fsp3) is 0. The van der Waals surface area contributed by atoms with Crippen LogP contribution < -0.4 is 0 Å². The first-order chi connectivity index (χ1) is 24.3. The Bertz CT molecular complexity index is 2800. The van der Waals surface area contributed by atoms with Crippen LogP contribution in [0.5, 0.6) is 0 Å². The van der Waals surface area contributed by atoms with Gasteiger partial charge in [0.05, 0.1) is 39.7 Å². The molecule has 5 aromatic carbocycles. The summed E-state index contributed by atoms with van der Waals surface area (Å²) in [6.07, 6.45) is 5.73. The average Bonchev–Trinajstić information content (AvgIpc) is 3.88. The Kier molecular flexibility index (Phi) is 6.29. The van der Waals surface area contributed by atoms with Crippen molar-refractivity contribution in [1.82, 2.24) is 24.1 Å². The number of hydrogen-bond donors (Lipinski definition) is 0. The molecule has 0 aliphatic rings. The summed E-state index contributed by atoms with van der Waals surface area (Å²) in [5, 5.41) is 6.83. The fourth-order valence-corrected chi connectivity index (χ4v) is 8.10. The number of benzene rings is 5. The predicted octanol–water partition coefficient (Wildman–Crippen LogP) is 11.1. The minimum absolute atomic E-state index is 0.952. The maximum Gasteiger partial charge on any atom is 0.125 e. The monoisotopic (exact) mass is 645 g/mol. The van der Waals surface area contributed by atoms with Gasteiger partial charge in [0.1, 0.15) is 10.0 Å². The topological polar surface area (TPSA) is 48.5 Å². The molecule has 0 N–H and O–H groups in total. The molecule has 10 aromatic rings. The number of para-hydroxylation sites is 1. The quantitative estimate of drug-likeness (QED) is 0.187. The average molecular weight is 646 g/mol. The summed E-state index contributed by atoms with van der Waals surface area (Å²) in [7, 11) is 0. The molecule has 0 spiro atoms. The molecule has 49 heavy (non-hydrogen) atoms. The summed E-state index contributed by atoms with van der Waals surface area (Å²) in [5.74, 6) is 0. The van der Waals surface area contributed by atoms with Crippen molar-refractivity contribution in [3.05, 3.63) is 164 Å². The van der Waals surface area contributed by atoms with Crippen LogP contribution >= 0.6 is 11.3 Å². The van der Waals surface area contributed by atoms with Crippen molar-refractivity contribution in [1.29, 1.82) is 0 Å². The van der Waals surface area contributed by atoms with E-state index >= 15 is 0 Å². The van der Waals surface area contributed by atoms with Gasteiger partial charge in [0.15, 0.2) is 0 Å². The Balaban J connectivity index is 1.34.